The third-order valence-corrected chi connectivity index (χ3v) is 7.87. The molecule has 4 rings (SSSR count). The SMILES string of the molecule is Cc1cc(N=Nc2scc[n+]2C)ccc1N(C)CCCN(C)c1ccc(N=Nc2scc[n+]2C)cc1C.[CH3-].[CH3-]. The van der Waals surface area contributed by atoms with Gasteiger partial charge in [0.25, 0.3) is 0 Å². The Morgan fingerprint density at radius 3 is 1.41 bits per heavy atom. The van der Waals surface area contributed by atoms with Crippen LogP contribution in [0.1, 0.15) is 17.5 Å². The van der Waals surface area contributed by atoms with E-state index in [1.54, 1.807) is 22.7 Å². The summed E-state index contributed by atoms with van der Waals surface area (Å²) in [4.78, 5) is 4.62. The zero-order valence-electron chi connectivity index (χ0n) is 24.3. The molecule has 0 spiro atoms. The van der Waals surface area contributed by atoms with Crippen molar-refractivity contribution in [3.8, 4) is 0 Å². The number of hydrogen-bond acceptors (Lipinski definition) is 8. The summed E-state index contributed by atoms with van der Waals surface area (Å²) >= 11 is 3.15. The van der Waals surface area contributed by atoms with E-state index < -0.39 is 0 Å². The lowest BCUT2D eigenvalue weighted by molar-refractivity contribution is -0.654. The van der Waals surface area contributed by atoms with E-state index >= 15 is 0 Å². The van der Waals surface area contributed by atoms with Gasteiger partial charge >= 0.3 is 10.3 Å². The van der Waals surface area contributed by atoms with Gasteiger partial charge in [-0.05, 0) is 101 Å². The van der Waals surface area contributed by atoms with Gasteiger partial charge in [-0.1, -0.05) is 0 Å². The molecule has 4 aromatic rings. The number of aryl methyl sites for hydroxylation is 4. The third-order valence-electron chi connectivity index (χ3n) is 6.19. The number of nitrogens with zero attached hydrogens (tertiary/aromatic N) is 8. The van der Waals surface area contributed by atoms with Gasteiger partial charge < -0.3 is 24.7 Å². The van der Waals surface area contributed by atoms with Crippen LogP contribution in [-0.4, -0.2) is 27.2 Å². The van der Waals surface area contributed by atoms with Crippen molar-refractivity contribution < 1.29 is 9.13 Å². The van der Waals surface area contributed by atoms with Crippen molar-refractivity contribution in [1.29, 1.82) is 0 Å². The number of rotatable bonds is 10. The summed E-state index contributed by atoms with van der Waals surface area (Å²) in [6.07, 6.45) is 5.00. The maximum absolute atomic E-state index is 4.41. The summed E-state index contributed by atoms with van der Waals surface area (Å²) in [5.74, 6) is 0. The number of benzene rings is 2. The van der Waals surface area contributed by atoms with Crippen molar-refractivity contribution in [3.63, 3.8) is 0 Å². The third kappa shape index (κ3) is 8.24. The van der Waals surface area contributed by atoms with Crippen LogP contribution in [0, 0.1) is 28.7 Å². The van der Waals surface area contributed by atoms with E-state index in [2.05, 4.69) is 82.5 Å². The van der Waals surface area contributed by atoms with Crippen molar-refractivity contribution in [2.24, 2.45) is 34.6 Å². The Hall–Kier alpha value is -3.50. The van der Waals surface area contributed by atoms with Gasteiger partial charge in [0.2, 0.25) is 0 Å². The van der Waals surface area contributed by atoms with E-state index in [0.29, 0.717) is 0 Å². The van der Waals surface area contributed by atoms with Crippen LogP contribution < -0.4 is 18.9 Å². The topological polar surface area (TPSA) is 63.7 Å². The quantitative estimate of drug-likeness (QED) is 0.112. The summed E-state index contributed by atoms with van der Waals surface area (Å²) in [5, 5.41) is 23.3. The first-order valence-corrected chi connectivity index (χ1v) is 13.9. The van der Waals surface area contributed by atoms with E-state index in [4.69, 9.17) is 0 Å². The molecule has 0 atom stereocenters. The molecule has 0 aliphatic heterocycles. The van der Waals surface area contributed by atoms with Crippen LogP contribution in [0.3, 0.4) is 0 Å². The molecule has 208 valence electrons. The highest BCUT2D eigenvalue weighted by Gasteiger charge is 2.12. The fourth-order valence-electron chi connectivity index (χ4n) is 4.09. The number of azo groups is 2. The normalized spacial score (nSPS) is 11.0. The molecule has 0 fully saturated rings. The molecule has 0 aliphatic rings. The molecule has 39 heavy (non-hydrogen) atoms. The second kappa shape index (κ2) is 14.6. The summed E-state index contributed by atoms with van der Waals surface area (Å²) in [6, 6.07) is 12.5. The average molecular weight is 565 g/mol. The molecule has 8 nitrogen and oxygen atoms in total. The standard InChI is InChI=1S/C27H34N8S2.2CH3/c1-20-18-22(28-30-26-34(5)14-16-36-26)8-10-24(20)32(3)12-7-13-33(4)25-11-9-23(19-21(25)2)29-31-27-35(6)15-17-37-27;;/h8-11,14-19H,7,12-13H2,1-6H3;2*1H3/q+2;2*-1. The van der Waals surface area contributed by atoms with Gasteiger partial charge in [0.1, 0.15) is 23.8 Å². The van der Waals surface area contributed by atoms with Crippen LogP contribution in [0.15, 0.2) is 80.0 Å². The first-order chi connectivity index (χ1) is 17.8. The number of thiazole rings is 2. The van der Waals surface area contributed by atoms with Gasteiger partial charge in [0.15, 0.2) is 0 Å². The van der Waals surface area contributed by atoms with Gasteiger partial charge in [0.05, 0.1) is 24.3 Å². The largest absolute Gasteiger partial charge is 0.408 e. The second-order valence-corrected chi connectivity index (χ2v) is 10.9. The minimum absolute atomic E-state index is 0. The molecule has 0 unspecified atom stereocenters. The zero-order chi connectivity index (χ0) is 26.4. The van der Waals surface area contributed by atoms with E-state index in [1.165, 1.54) is 22.5 Å². The second-order valence-electron chi connectivity index (χ2n) is 9.13. The van der Waals surface area contributed by atoms with Crippen LogP contribution in [0.5, 0.6) is 0 Å². The van der Waals surface area contributed by atoms with E-state index in [9.17, 15) is 0 Å². The molecule has 2 aromatic carbocycles. The van der Waals surface area contributed by atoms with Gasteiger partial charge in [-0.2, -0.15) is 0 Å². The average Bonchev–Trinajstić information content (AvgIpc) is 3.48. The highest BCUT2D eigenvalue weighted by Crippen LogP contribution is 2.28. The summed E-state index contributed by atoms with van der Waals surface area (Å²) < 4.78 is 3.93. The molecular weight excluding hydrogens is 525 g/mol. The molecular formula is C29H40N8S2. The first kappa shape index (κ1) is 31.7. The van der Waals surface area contributed by atoms with Crippen molar-refractivity contribution in [2.45, 2.75) is 20.3 Å². The van der Waals surface area contributed by atoms with Crippen LogP contribution in [0.4, 0.5) is 33.0 Å². The van der Waals surface area contributed by atoms with E-state index in [0.717, 1.165) is 41.1 Å². The highest BCUT2D eigenvalue weighted by molar-refractivity contribution is 7.13. The summed E-state index contributed by atoms with van der Waals surface area (Å²) in [7, 11) is 8.24. The Labute approximate surface area is 241 Å². The molecule has 0 N–H and O–H groups in total. The molecule has 0 saturated carbocycles. The maximum atomic E-state index is 4.41. The Morgan fingerprint density at radius 2 is 1.08 bits per heavy atom. The Morgan fingerprint density at radius 1 is 0.667 bits per heavy atom. The predicted molar refractivity (Wildman–Crippen MR) is 166 cm³/mol. The van der Waals surface area contributed by atoms with Gasteiger partial charge in [-0.25, -0.2) is 9.13 Å². The highest BCUT2D eigenvalue weighted by atomic mass is 32.1. The van der Waals surface area contributed by atoms with Crippen LogP contribution in [0.25, 0.3) is 0 Å². The molecule has 2 heterocycles. The molecule has 0 amide bonds. The molecule has 0 saturated heterocycles. The predicted octanol–water partition coefficient (Wildman–Crippen LogP) is 7.77. The molecule has 10 heteroatoms. The van der Waals surface area contributed by atoms with Gasteiger partial charge in [-0.15, -0.1) is 0 Å². The molecule has 0 aliphatic carbocycles. The Balaban J connectivity index is 0.00000267. The van der Waals surface area contributed by atoms with Crippen molar-refractivity contribution >= 4 is 55.7 Å². The first-order valence-electron chi connectivity index (χ1n) is 12.1. The number of anilines is 2. The fourth-order valence-corrected chi connectivity index (χ4v) is 5.45. The molecule has 2 aromatic heterocycles. The van der Waals surface area contributed by atoms with Crippen molar-refractivity contribution in [2.75, 3.05) is 37.0 Å². The lowest BCUT2D eigenvalue weighted by Crippen LogP contribution is -2.26. The van der Waals surface area contributed by atoms with Crippen LogP contribution in [-0.2, 0) is 14.1 Å². The Kier molecular flexibility index (Phi) is 11.9. The molecule has 0 bridgehead atoms. The van der Waals surface area contributed by atoms with Crippen LogP contribution in [0.2, 0.25) is 0 Å². The monoisotopic (exact) mass is 564 g/mol. The Bertz CT molecular complexity index is 1300. The smallest absolute Gasteiger partial charge is 0.374 e. The van der Waals surface area contributed by atoms with Gasteiger partial charge in [0, 0.05) is 49.3 Å². The molecule has 0 radical (unpaired) electrons. The lowest BCUT2D eigenvalue weighted by Gasteiger charge is -2.25. The minimum Gasteiger partial charge on any atom is -0.374 e. The maximum Gasteiger partial charge on any atom is 0.408 e. The number of aromatic nitrogens is 2. The van der Waals surface area contributed by atoms with E-state index in [1.807, 2.05) is 58.5 Å². The lowest BCUT2D eigenvalue weighted by atomic mass is 10.1. The van der Waals surface area contributed by atoms with E-state index in [-0.39, 0.29) is 14.9 Å². The fraction of sp³-hybridized carbons (Fsp3) is 0.310. The van der Waals surface area contributed by atoms with Crippen LogP contribution >= 0.6 is 22.7 Å². The van der Waals surface area contributed by atoms with Gasteiger partial charge in [-0.3, -0.25) is 0 Å². The summed E-state index contributed by atoms with van der Waals surface area (Å²) in [5.41, 5.74) is 6.55. The minimum atomic E-state index is 0. The summed E-state index contributed by atoms with van der Waals surface area (Å²) in [6.45, 7) is 6.17. The van der Waals surface area contributed by atoms with Crippen molar-refractivity contribution in [3.05, 3.63) is 85.5 Å². The zero-order valence-corrected chi connectivity index (χ0v) is 25.9. The number of hydrogen-bond donors (Lipinski definition) is 0. The van der Waals surface area contributed by atoms with Crippen molar-refractivity contribution in [1.82, 2.24) is 0 Å².